The number of carbonyl (C=O) groups excluding carboxylic acids is 1. The maximum absolute atomic E-state index is 12.0. The maximum Gasteiger partial charge on any atom is 0.339 e. The molecule has 0 heterocycles. The van der Waals surface area contributed by atoms with E-state index in [0.717, 1.165) is 31.9 Å². The molecule has 0 N–H and O–H groups in total. The summed E-state index contributed by atoms with van der Waals surface area (Å²) in [5, 5.41) is -0.0441. The van der Waals surface area contributed by atoms with Gasteiger partial charge in [-0.3, -0.25) is 0 Å². The topological polar surface area (TPSA) is 60.4 Å². The van der Waals surface area contributed by atoms with Gasteiger partial charge < -0.3 is 4.74 Å². The van der Waals surface area contributed by atoms with E-state index in [1.807, 2.05) is 0 Å². The minimum absolute atomic E-state index is 0.0441. The highest BCUT2D eigenvalue weighted by Gasteiger charge is 2.23. The van der Waals surface area contributed by atoms with Gasteiger partial charge in [-0.15, -0.1) is 0 Å². The van der Waals surface area contributed by atoms with E-state index < -0.39 is 15.8 Å². The number of sulfone groups is 1. The number of carbonyl (C=O) groups is 1. The summed E-state index contributed by atoms with van der Waals surface area (Å²) in [7, 11) is -2.28. The van der Waals surface area contributed by atoms with E-state index in [2.05, 4.69) is 11.7 Å². The van der Waals surface area contributed by atoms with Gasteiger partial charge in [-0.1, -0.05) is 43.9 Å². The van der Waals surface area contributed by atoms with Gasteiger partial charge in [0.1, 0.15) is 0 Å². The van der Waals surface area contributed by atoms with Gasteiger partial charge in [0, 0.05) is 6.26 Å². The molecular formula is C15H21ClO4S. The second-order valence-electron chi connectivity index (χ2n) is 4.99. The Morgan fingerprint density at radius 2 is 1.90 bits per heavy atom. The standard InChI is InChI=1S/C15H21ClO4S/c1-4-5-6-7-8-11-9-10-12(15(17)20-2)13(16)14(11)21(3,18)19/h9-10H,4-8H2,1-3H3. The summed E-state index contributed by atoms with van der Waals surface area (Å²) in [6.07, 6.45) is 5.89. The van der Waals surface area contributed by atoms with Crippen LogP contribution in [0.15, 0.2) is 17.0 Å². The van der Waals surface area contributed by atoms with E-state index in [9.17, 15) is 13.2 Å². The van der Waals surface area contributed by atoms with Crippen LogP contribution in [0.1, 0.15) is 48.5 Å². The zero-order chi connectivity index (χ0) is 16.0. The molecule has 0 atom stereocenters. The third-order valence-electron chi connectivity index (χ3n) is 3.25. The normalized spacial score (nSPS) is 11.4. The predicted molar refractivity (Wildman–Crippen MR) is 83.7 cm³/mol. The zero-order valence-corrected chi connectivity index (χ0v) is 14.2. The molecule has 0 aromatic heterocycles. The molecule has 0 bridgehead atoms. The second-order valence-corrected chi connectivity index (χ2v) is 7.32. The highest BCUT2D eigenvalue weighted by Crippen LogP contribution is 2.30. The number of esters is 1. The fourth-order valence-corrected chi connectivity index (χ4v) is 3.97. The number of hydrogen-bond acceptors (Lipinski definition) is 4. The van der Waals surface area contributed by atoms with Crippen molar-refractivity contribution in [2.75, 3.05) is 13.4 Å². The first-order valence-corrected chi connectivity index (χ1v) is 9.19. The minimum atomic E-state index is -3.51. The van der Waals surface area contributed by atoms with Gasteiger partial charge in [0.15, 0.2) is 9.84 Å². The Morgan fingerprint density at radius 3 is 2.43 bits per heavy atom. The van der Waals surface area contributed by atoms with Gasteiger partial charge in [0.25, 0.3) is 0 Å². The van der Waals surface area contributed by atoms with E-state index in [1.165, 1.54) is 13.2 Å². The molecule has 0 aliphatic heterocycles. The third kappa shape index (κ3) is 4.71. The number of halogens is 1. The molecule has 21 heavy (non-hydrogen) atoms. The number of ether oxygens (including phenoxy) is 1. The quantitative estimate of drug-likeness (QED) is 0.565. The van der Waals surface area contributed by atoms with Crippen LogP contribution in [0.3, 0.4) is 0 Å². The van der Waals surface area contributed by atoms with E-state index in [0.29, 0.717) is 12.0 Å². The molecule has 1 aromatic carbocycles. The van der Waals surface area contributed by atoms with Crippen LogP contribution in [-0.2, 0) is 21.0 Å². The Hall–Kier alpha value is -1.07. The maximum atomic E-state index is 12.0. The van der Waals surface area contributed by atoms with Crippen LogP contribution in [0.5, 0.6) is 0 Å². The average Bonchev–Trinajstić information content (AvgIpc) is 2.41. The molecule has 1 aromatic rings. The van der Waals surface area contributed by atoms with Crippen LogP contribution in [0.25, 0.3) is 0 Å². The number of unbranched alkanes of at least 4 members (excludes halogenated alkanes) is 3. The molecule has 0 saturated heterocycles. The van der Waals surface area contributed by atoms with Crippen molar-refractivity contribution in [1.82, 2.24) is 0 Å². The molecule has 0 radical (unpaired) electrons. The van der Waals surface area contributed by atoms with Gasteiger partial charge in [0.05, 0.1) is 22.6 Å². The Balaban J connectivity index is 3.20. The Morgan fingerprint density at radius 1 is 1.24 bits per heavy atom. The number of hydrogen-bond donors (Lipinski definition) is 0. The van der Waals surface area contributed by atoms with Crippen molar-refractivity contribution in [1.29, 1.82) is 0 Å². The van der Waals surface area contributed by atoms with E-state index in [4.69, 9.17) is 11.6 Å². The average molecular weight is 333 g/mol. The van der Waals surface area contributed by atoms with Gasteiger partial charge in [-0.25, -0.2) is 13.2 Å². The summed E-state index contributed by atoms with van der Waals surface area (Å²) >= 11 is 6.13. The molecule has 0 fully saturated rings. The lowest BCUT2D eigenvalue weighted by Crippen LogP contribution is -2.09. The Bertz CT molecular complexity index is 608. The monoisotopic (exact) mass is 332 g/mol. The SMILES string of the molecule is CCCCCCc1ccc(C(=O)OC)c(Cl)c1S(C)(=O)=O. The third-order valence-corrected chi connectivity index (χ3v) is 4.97. The van der Waals surface area contributed by atoms with Gasteiger partial charge in [-0.2, -0.15) is 0 Å². The molecule has 0 unspecified atom stereocenters. The molecule has 0 aliphatic rings. The number of rotatable bonds is 7. The van der Waals surface area contributed by atoms with Gasteiger partial charge in [-0.05, 0) is 24.5 Å². The van der Waals surface area contributed by atoms with Crippen molar-refractivity contribution < 1.29 is 17.9 Å². The predicted octanol–water partition coefficient (Wildman–Crippen LogP) is 3.65. The first-order chi connectivity index (χ1) is 9.82. The van der Waals surface area contributed by atoms with Crippen molar-refractivity contribution in [3.8, 4) is 0 Å². The van der Waals surface area contributed by atoms with Crippen LogP contribution < -0.4 is 0 Å². The fraction of sp³-hybridized carbons (Fsp3) is 0.533. The summed E-state index contributed by atoms with van der Waals surface area (Å²) < 4.78 is 28.6. The molecule has 0 saturated carbocycles. The van der Waals surface area contributed by atoms with E-state index in [1.54, 1.807) is 6.07 Å². The van der Waals surface area contributed by atoms with E-state index >= 15 is 0 Å². The minimum Gasteiger partial charge on any atom is -0.465 e. The lowest BCUT2D eigenvalue weighted by Gasteiger charge is -2.12. The van der Waals surface area contributed by atoms with Crippen molar-refractivity contribution in [2.24, 2.45) is 0 Å². The molecule has 6 heteroatoms. The molecule has 0 amide bonds. The Kier molecular flexibility index (Phi) is 6.68. The summed E-state index contributed by atoms with van der Waals surface area (Å²) in [4.78, 5) is 11.7. The lowest BCUT2D eigenvalue weighted by atomic mass is 10.0. The summed E-state index contributed by atoms with van der Waals surface area (Å²) in [6.45, 7) is 2.12. The first kappa shape index (κ1) is 18.0. The van der Waals surface area contributed by atoms with Crippen molar-refractivity contribution in [3.63, 3.8) is 0 Å². The molecule has 0 spiro atoms. The van der Waals surface area contributed by atoms with Crippen molar-refractivity contribution >= 4 is 27.4 Å². The number of benzene rings is 1. The Labute approximate surface area is 131 Å². The van der Waals surface area contributed by atoms with Crippen LogP contribution in [-0.4, -0.2) is 27.8 Å². The molecule has 118 valence electrons. The summed E-state index contributed by atoms with van der Waals surface area (Å²) in [5.41, 5.74) is 0.739. The van der Waals surface area contributed by atoms with Gasteiger partial charge in [0.2, 0.25) is 0 Å². The smallest absolute Gasteiger partial charge is 0.339 e. The fourth-order valence-electron chi connectivity index (χ4n) is 2.20. The summed E-state index contributed by atoms with van der Waals surface area (Å²) in [5.74, 6) is -0.637. The van der Waals surface area contributed by atoms with Crippen LogP contribution >= 0.6 is 11.6 Å². The largest absolute Gasteiger partial charge is 0.465 e. The van der Waals surface area contributed by atoms with Crippen LogP contribution in [0, 0.1) is 0 Å². The van der Waals surface area contributed by atoms with Crippen molar-refractivity contribution in [2.45, 2.75) is 43.9 Å². The number of aryl methyl sites for hydroxylation is 1. The van der Waals surface area contributed by atoms with E-state index in [-0.39, 0.29) is 15.5 Å². The van der Waals surface area contributed by atoms with Gasteiger partial charge >= 0.3 is 5.97 Å². The molecule has 1 rings (SSSR count). The molecule has 0 aliphatic carbocycles. The van der Waals surface area contributed by atoms with Crippen LogP contribution in [0.2, 0.25) is 5.02 Å². The highest BCUT2D eigenvalue weighted by molar-refractivity contribution is 7.90. The number of methoxy groups -OCH3 is 1. The molecular weight excluding hydrogens is 312 g/mol. The summed E-state index contributed by atoms with van der Waals surface area (Å²) in [6, 6.07) is 3.18. The second kappa shape index (κ2) is 7.80. The lowest BCUT2D eigenvalue weighted by molar-refractivity contribution is 0.0600. The van der Waals surface area contributed by atoms with Crippen molar-refractivity contribution in [3.05, 3.63) is 28.3 Å². The molecule has 4 nitrogen and oxygen atoms in total. The zero-order valence-electron chi connectivity index (χ0n) is 12.6. The highest BCUT2D eigenvalue weighted by atomic mass is 35.5. The van der Waals surface area contributed by atoms with Crippen LogP contribution in [0.4, 0.5) is 0 Å². The first-order valence-electron chi connectivity index (χ1n) is 6.92.